The Balaban J connectivity index is 1.81. The number of ether oxygens (including phenoxy) is 1. The summed E-state index contributed by atoms with van der Waals surface area (Å²) < 4.78 is 27.9. The van der Waals surface area contributed by atoms with Crippen LogP contribution in [0.15, 0.2) is 47.4 Å². The summed E-state index contributed by atoms with van der Waals surface area (Å²) in [6.45, 7) is 1.51. The zero-order valence-corrected chi connectivity index (χ0v) is 15.2. The molecule has 0 bridgehead atoms. The number of esters is 1. The van der Waals surface area contributed by atoms with Crippen molar-refractivity contribution in [3.05, 3.63) is 58.6 Å². The Kier molecular flexibility index (Phi) is 4.51. The zero-order chi connectivity index (χ0) is 19.1. The minimum atomic E-state index is -3.82. The Morgan fingerprint density at radius 2 is 1.88 bits per heavy atom. The molecule has 3 rings (SSSR count). The maximum atomic E-state index is 12.6. The van der Waals surface area contributed by atoms with Crippen molar-refractivity contribution < 1.29 is 22.7 Å². The maximum Gasteiger partial charge on any atom is 0.339 e. The van der Waals surface area contributed by atoms with E-state index in [0.29, 0.717) is 21.8 Å². The van der Waals surface area contributed by atoms with Crippen molar-refractivity contribution in [2.45, 2.75) is 23.8 Å². The van der Waals surface area contributed by atoms with E-state index in [2.05, 4.69) is 5.32 Å². The number of primary sulfonamides is 1. The van der Waals surface area contributed by atoms with Crippen molar-refractivity contribution in [3.8, 4) is 0 Å². The van der Waals surface area contributed by atoms with Crippen molar-refractivity contribution in [1.82, 2.24) is 0 Å². The average molecular weight is 395 g/mol. The molecule has 0 fully saturated rings. The molecule has 9 heteroatoms. The summed E-state index contributed by atoms with van der Waals surface area (Å²) in [7, 11) is -3.82. The third kappa shape index (κ3) is 3.57. The molecule has 0 saturated carbocycles. The second-order valence-electron chi connectivity index (χ2n) is 6.12. The molecule has 3 N–H and O–H groups in total. The smallest absolute Gasteiger partial charge is 0.339 e. The monoisotopic (exact) mass is 394 g/mol. The van der Waals surface area contributed by atoms with Crippen molar-refractivity contribution in [1.29, 1.82) is 0 Å². The number of hydrogen-bond donors (Lipinski definition) is 2. The fourth-order valence-corrected chi connectivity index (χ4v) is 3.36. The number of rotatable bonds is 3. The van der Waals surface area contributed by atoms with Crippen LogP contribution in [0.1, 0.15) is 22.8 Å². The van der Waals surface area contributed by atoms with E-state index < -0.39 is 27.5 Å². The summed E-state index contributed by atoms with van der Waals surface area (Å²) in [5, 5.41) is 8.06. The number of carbonyl (C=O) groups excluding carboxylic acids is 2. The molecule has 0 radical (unpaired) electrons. The molecule has 136 valence electrons. The predicted octanol–water partition coefficient (Wildman–Crippen LogP) is 2.10. The number of halogens is 1. The molecule has 26 heavy (non-hydrogen) atoms. The van der Waals surface area contributed by atoms with Gasteiger partial charge >= 0.3 is 5.97 Å². The first kappa shape index (κ1) is 18.4. The number of benzene rings is 2. The summed E-state index contributed by atoms with van der Waals surface area (Å²) >= 11 is 5.89. The summed E-state index contributed by atoms with van der Waals surface area (Å²) in [6, 6.07) is 10.2. The van der Waals surface area contributed by atoms with Gasteiger partial charge in [-0.2, -0.15) is 0 Å². The summed E-state index contributed by atoms with van der Waals surface area (Å²) in [5.74, 6) is -1.16. The topological polar surface area (TPSA) is 116 Å². The SMILES string of the molecule is C[C@@]1(C(=O)Nc2ccc(S(N)(=O)=O)cc2)Cc2ccc(Cl)cc2C(=O)O1. The van der Waals surface area contributed by atoms with Gasteiger partial charge in [0.05, 0.1) is 10.5 Å². The first-order valence-corrected chi connectivity index (χ1v) is 9.47. The second kappa shape index (κ2) is 6.39. The minimum absolute atomic E-state index is 0.0726. The molecule has 0 unspecified atom stereocenters. The van der Waals surface area contributed by atoms with Gasteiger partial charge in [-0.05, 0) is 48.9 Å². The van der Waals surface area contributed by atoms with E-state index in [9.17, 15) is 18.0 Å². The highest BCUT2D eigenvalue weighted by Crippen LogP contribution is 2.31. The van der Waals surface area contributed by atoms with E-state index >= 15 is 0 Å². The largest absolute Gasteiger partial charge is 0.445 e. The number of sulfonamides is 1. The molecular formula is C17H15ClN2O5S. The van der Waals surface area contributed by atoms with Crippen molar-refractivity contribution >= 4 is 39.2 Å². The molecule has 1 aliphatic rings. The molecule has 1 heterocycles. The quantitative estimate of drug-likeness (QED) is 0.773. The van der Waals surface area contributed by atoms with Crippen LogP contribution >= 0.6 is 11.6 Å². The van der Waals surface area contributed by atoms with Gasteiger partial charge < -0.3 is 10.1 Å². The number of amides is 1. The van der Waals surface area contributed by atoms with Gasteiger partial charge in [-0.25, -0.2) is 18.4 Å². The Labute approximate surface area is 155 Å². The predicted molar refractivity (Wildman–Crippen MR) is 95.4 cm³/mol. The van der Waals surface area contributed by atoms with Gasteiger partial charge in [0, 0.05) is 17.1 Å². The minimum Gasteiger partial charge on any atom is -0.445 e. The van der Waals surface area contributed by atoms with Crippen molar-refractivity contribution in [3.63, 3.8) is 0 Å². The number of fused-ring (bicyclic) bond motifs is 1. The number of hydrogen-bond acceptors (Lipinski definition) is 5. The van der Waals surface area contributed by atoms with E-state index in [-0.39, 0.29) is 11.3 Å². The van der Waals surface area contributed by atoms with E-state index in [1.54, 1.807) is 12.1 Å². The fourth-order valence-electron chi connectivity index (χ4n) is 2.67. The lowest BCUT2D eigenvalue weighted by Gasteiger charge is -2.33. The first-order chi connectivity index (χ1) is 12.1. The molecule has 0 saturated heterocycles. The number of nitrogens with two attached hydrogens (primary N) is 1. The Bertz CT molecular complexity index is 1000. The molecule has 0 aromatic heterocycles. The first-order valence-electron chi connectivity index (χ1n) is 7.55. The van der Waals surface area contributed by atoms with E-state index in [4.69, 9.17) is 21.5 Å². The number of cyclic esters (lactones) is 1. The van der Waals surface area contributed by atoms with Crippen LogP contribution in [0.25, 0.3) is 0 Å². The van der Waals surface area contributed by atoms with Gasteiger partial charge in [0.15, 0.2) is 5.60 Å². The number of anilines is 1. The second-order valence-corrected chi connectivity index (χ2v) is 8.12. The molecule has 2 aromatic rings. The average Bonchev–Trinajstić information content (AvgIpc) is 2.55. The number of carbonyl (C=O) groups is 2. The maximum absolute atomic E-state index is 12.6. The summed E-state index contributed by atoms with van der Waals surface area (Å²) in [4.78, 5) is 24.8. The molecule has 1 amide bonds. The van der Waals surface area contributed by atoms with E-state index in [1.165, 1.54) is 37.3 Å². The van der Waals surface area contributed by atoms with Gasteiger partial charge in [0.25, 0.3) is 5.91 Å². The third-order valence-electron chi connectivity index (χ3n) is 4.06. The van der Waals surface area contributed by atoms with Gasteiger partial charge in [-0.1, -0.05) is 17.7 Å². The van der Waals surface area contributed by atoms with E-state index in [0.717, 1.165) is 0 Å². The Morgan fingerprint density at radius 1 is 1.23 bits per heavy atom. The van der Waals surface area contributed by atoms with Crippen molar-refractivity contribution in [2.75, 3.05) is 5.32 Å². The molecule has 7 nitrogen and oxygen atoms in total. The molecule has 1 aliphatic heterocycles. The van der Waals surface area contributed by atoms with Crippen LogP contribution in [-0.2, 0) is 26.0 Å². The summed E-state index contributed by atoms with van der Waals surface area (Å²) in [5.41, 5.74) is -0.0639. The standard InChI is InChI=1S/C17H15ClN2O5S/c1-17(9-10-2-3-11(18)8-14(10)15(21)25-17)16(22)20-12-4-6-13(7-5-12)26(19,23)24/h2-8H,9H2,1H3,(H,20,22)(H2,19,23,24)/t17-/m0/s1. The highest BCUT2D eigenvalue weighted by molar-refractivity contribution is 7.89. The van der Waals surface area contributed by atoms with Crippen LogP contribution < -0.4 is 10.5 Å². The fraction of sp³-hybridized carbons (Fsp3) is 0.176. The molecule has 0 spiro atoms. The molecule has 0 aliphatic carbocycles. The lowest BCUT2D eigenvalue weighted by atomic mass is 9.89. The van der Waals surface area contributed by atoms with Crippen LogP contribution in [0.3, 0.4) is 0 Å². The van der Waals surface area contributed by atoms with Crippen LogP contribution in [0.4, 0.5) is 5.69 Å². The van der Waals surface area contributed by atoms with Crippen LogP contribution in [-0.4, -0.2) is 25.9 Å². The van der Waals surface area contributed by atoms with Gasteiger partial charge in [0.2, 0.25) is 10.0 Å². The third-order valence-corrected chi connectivity index (χ3v) is 5.22. The molecular weight excluding hydrogens is 380 g/mol. The van der Waals surface area contributed by atoms with Crippen LogP contribution in [0.5, 0.6) is 0 Å². The van der Waals surface area contributed by atoms with Crippen LogP contribution in [0, 0.1) is 0 Å². The van der Waals surface area contributed by atoms with Crippen molar-refractivity contribution in [2.24, 2.45) is 5.14 Å². The summed E-state index contributed by atoms with van der Waals surface area (Å²) in [6.07, 6.45) is 0.187. The lowest BCUT2D eigenvalue weighted by molar-refractivity contribution is -0.134. The Hall–Kier alpha value is -2.42. The molecule has 2 aromatic carbocycles. The van der Waals surface area contributed by atoms with Gasteiger partial charge in [-0.3, -0.25) is 4.79 Å². The zero-order valence-electron chi connectivity index (χ0n) is 13.7. The highest BCUT2D eigenvalue weighted by Gasteiger charge is 2.42. The normalized spacial score (nSPS) is 19.4. The Morgan fingerprint density at radius 3 is 2.50 bits per heavy atom. The van der Waals surface area contributed by atoms with E-state index in [1.807, 2.05) is 0 Å². The number of nitrogens with one attached hydrogen (secondary N) is 1. The van der Waals surface area contributed by atoms with Gasteiger partial charge in [0.1, 0.15) is 0 Å². The molecule has 1 atom stereocenters. The van der Waals surface area contributed by atoms with Gasteiger partial charge in [-0.15, -0.1) is 0 Å². The lowest BCUT2D eigenvalue weighted by Crippen LogP contribution is -2.48. The highest BCUT2D eigenvalue weighted by atomic mass is 35.5. The van der Waals surface area contributed by atoms with Crippen LogP contribution in [0.2, 0.25) is 5.02 Å².